The lowest BCUT2D eigenvalue weighted by Crippen LogP contribution is -2.36. The van der Waals surface area contributed by atoms with Crippen LogP contribution in [0.3, 0.4) is 0 Å². The summed E-state index contributed by atoms with van der Waals surface area (Å²) in [5, 5.41) is 3.23. The van der Waals surface area contributed by atoms with Crippen LogP contribution in [0.5, 0.6) is 5.75 Å². The number of fused-ring (bicyclic) bond motifs is 1. The van der Waals surface area contributed by atoms with Crippen molar-refractivity contribution in [2.24, 2.45) is 0 Å². The van der Waals surface area contributed by atoms with Crippen LogP contribution in [-0.4, -0.2) is 32.8 Å². The van der Waals surface area contributed by atoms with Crippen LogP contribution in [0.1, 0.15) is 24.8 Å². The van der Waals surface area contributed by atoms with Gasteiger partial charge in [-0.05, 0) is 43.2 Å². The lowest BCUT2D eigenvalue weighted by molar-refractivity contribution is -0.144. The van der Waals surface area contributed by atoms with E-state index in [2.05, 4.69) is 5.32 Å². The summed E-state index contributed by atoms with van der Waals surface area (Å²) in [5.74, 6) is 0.640. The molecule has 0 bridgehead atoms. The molecule has 21 heavy (non-hydrogen) atoms. The highest BCUT2D eigenvalue weighted by molar-refractivity contribution is 5.81. The van der Waals surface area contributed by atoms with Crippen LogP contribution in [0.4, 0.5) is 5.69 Å². The van der Waals surface area contributed by atoms with Gasteiger partial charge in [0.05, 0.1) is 27.1 Å². The van der Waals surface area contributed by atoms with E-state index in [1.54, 1.807) is 20.5 Å². The quantitative estimate of drug-likeness (QED) is 0.667. The predicted molar refractivity (Wildman–Crippen MR) is 80.5 cm³/mol. The topological polar surface area (TPSA) is 56.8 Å². The average molecular weight is 291 g/mol. The van der Waals surface area contributed by atoms with E-state index in [9.17, 15) is 4.79 Å². The molecular formula is C16H21NO4. The molecule has 0 radical (unpaired) electrons. The van der Waals surface area contributed by atoms with E-state index in [-0.39, 0.29) is 17.9 Å². The molecule has 0 saturated heterocycles. The predicted octanol–water partition coefficient (Wildman–Crippen LogP) is 2.69. The highest BCUT2D eigenvalue weighted by atomic mass is 16.5. The number of benzene rings is 1. The maximum atomic E-state index is 12.0. The standard InChI is InChI=1S/C16H21NO4/c1-4-21-16(18)15-9-11(7-8-19-2)13-10-12(20-3)5-6-14(13)17-15/h5-8,10-11,15,17H,4,9H2,1-3H3/b8-7+/t11-,15-/m1/s1. The van der Waals surface area contributed by atoms with Gasteiger partial charge < -0.3 is 19.5 Å². The lowest BCUT2D eigenvalue weighted by atomic mass is 9.87. The third-order valence-electron chi connectivity index (χ3n) is 3.50. The van der Waals surface area contributed by atoms with Crippen LogP contribution < -0.4 is 10.1 Å². The van der Waals surface area contributed by atoms with Crippen molar-refractivity contribution >= 4 is 11.7 Å². The van der Waals surface area contributed by atoms with E-state index in [0.717, 1.165) is 17.0 Å². The second-order valence-electron chi connectivity index (χ2n) is 4.81. The fraction of sp³-hybridized carbons (Fsp3) is 0.438. The zero-order chi connectivity index (χ0) is 15.2. The number of rotatable bonds is 5. The third-order valence-corrected chi connectivity index (χ3v) is 3.50. The summed E-state index contributed by atoms with van der Waals surface area (Å²) < 4.78 is 15.4. The molecule has 5 nitrogen and oxygen atoms in total. The Morgan fingerprint density at radius 2 is 2.24 bits per heavy atom. The van der Waals surface area contributed by atoms with Crippen LogP contribution in [0.15, 0.2) is 30.5 Å². The second kappa shape index (κ2) is 7.02. The largest absolute Gasteiger partial charge is 0.505 e. The molecule has 114 valence electrons. The van der Waals surface area contributed by atoms with Gasteiger partial charge >= 0.3 is 5.97 Å². The fourth-order valence-corrected chi connectivity index (χ4v) is 2.49. The maximum absolute atomic E-state index is 12.0. The van der Waals surface area contributed by atoms with Crippen LogP contribution in [-0.2, 0) is 14.3 Å². The lowest BCUT2D eigenvalue weighted by Gasteiger charge is -2.30. The number of carbonyl (C=O) groups is 1. The molecule has 0 saturated carbocycles. The summed E-state index contributed by atoms with van der Waals surface area (Å²) in [6.45, 7) is 2.19. The molecule has 0 unspecified atom stereocenters. The van der Waals surface area contributed by atoms with Gasteiger partial charge in [0.15, 0.2) is 0 Å². The molecule has 0 amide bonds. The molecule has 5 heteroatoms. The van der Waals surface area contributed by atoms with Crippen molar-refractivity contribution in [1.29, 1.82) is 0 Å². The monoisotopic (exact) mass is 291 g/mol. The van der Waals surface area contributed by atoms with Gasteiger partial charge in [-0.25, -0.2) is 4.79 Å². The van der Waals surface area contributed by atoms with E-state index >= 15 is 0 Å². The minimum absolute atomic E-state index is 0.0747. The minimum atomic E-state index is -0.350. The number of hydrogen-bond donors (Lipinski definition) is 1. The summed E-state index contributed by atoms with van der Waals surface area (Å²) in [7, 11) is 3.24. The first-order valence-electron chi connectivity index (χ1n) is 7.00. The maximum Gasteiger partial charge on any atom is 0.328 e. The van der Waals surface area contributed by atoms with Gasteiger partial charge in [-0.3, -0.25) is 0 Å². The van der Waals surface area contributed by atoms with Gasteiger partial charge in [0.2, 0.25) is 0 Å². The van der Waals surface area contributed by atoms with Gasteiger partial charge in [0, 0.05) is 11.6 Å². The summed E-state index contributed by atoms with van der Waals surface area (Å²) in [6, 6.07) is 5.43. The molecule has 2 atom stereocenters. The molecule has 0 fully saturated rings. The highest BCUT2D eigenvalue weighted by Gasteiger charge is 2.30. The molecule has 0 aliphatic carbocycles. The van der Waals surface area contributed by atoms with E-state index < -0.39 is 0 Å². The van der Waals surface area contributed by atoms with Crippen molar-refractivity contribution in [2.75, 3.05) is 26.1 Å². The van der Waals surface area contributed by atoms with Crippen LogP contribution in [0, 0.1) is 0 Å². The molecule has 0 aromatic heterocycles. The first kappa shape index (κ1) is 15.2. The molecule has 1 aromatic rings. The number of methoxy groups -OCH3 is 2. The third kappa shape index (κ3) is 3.48. The van der Waals surface area contributed by atoms with Gasteiger partial charge in [-0.1, -0.05) is 0 Å². The Bertz CT molecular complexity index is 527. The zero-order valence-electron chi connectivity index (χ0n) is 12.6. The van der Waals surface area contributed by atoms with E-state index in [4.69, 9.17) is 14.2 Å². The summed E-state index contributed by atoms with van der Waals surface area (Å²) >= 11 is 0. The molecular weight excluding hydrogens is 270 g/mol. The Morgan fingerprint density at radius 3 is 2.90 bits per heavy atom. The summed E-state index contributed by atoms with van der Waals surface area (Å²) in [4.78, 5) is 12.0. The van der Waals surface area contributed by atoms with Crippen molar-refractivity contribution in [3.63, 3.8) is 0 Å². The van der Waals surface area contributed by atoms with Crippen molar-refractivity contribution in [1.82, 2.24) is 0 Å². The molecule has 2 rings (SSSR count). The van der Waals surface area contributed by atoms with Crippen LogP contribution in [0.25, 0.3) is 0 Å². The Hall–Kier alpha value is -2.17. The van der Waals surface area contributed by atoms with Crippen molar-refractivity contribution in [3.05, 3.63) is 36.1 Å². The average Bonchev–Trinajstić information content (AvgIpc) is 2.52. The number of anilines is 1. The number of allylic oxidation sites excluding steroid dienone is 1. The van der Waals surface area contributed by atoms with Crippen LogP contribution in [0.2, 0.25) is 0 Å². The molecule has 1 aliphatic rings. The smallest absolute Gasteiger partial charge is 0.328 e. The Labute approximate surface area is 124 Å². The second-order valence-corrected chi connectivity index (χ2v) is 4.81. The number of carbonyl (C=O) groups excluding carboxylic acids is 1. The van der Waals surface area contributed by atoms with Gasteiger partial charge in [0.1, 0.15) is 11.8 Å². The van der Waals surface area contributed by atoms with E-state index in [1.807, 2.05) is 31.2 Å². The first-order valence-corrected chi connectivity index (χ1v) is 7.00. The minimum Gasteiger partial charge on any atom is -0.505 e. The van der Waals surface area contributed by atoms with Gasteiger partial charge in [0.25, 0.3) is 0 Å². The summed E-state index contributed by atoms with van der Waals surface area (Å²) in [6.07, 6.45) is 4.21. The Kier molecular flexibility index (Phi) is 5.09. The number of ether oxygens (including phenoxy) is 3. The Morgan fingerprint density at radius 1 is 1.43 bits per heavy atom. The molecule has 1 heterocycles. The number of hydrogen-bond acceptors (Lipinski definition) is 5. The number of nitrogens with one attached hydrogen (secondary N) is 1. The fourth-order valence-electron chi connectivity index (χ4n) is 2.49. The van der Waals surface area contributed by atoms with Crippen molar-refractivity contribution in [3.8, 4) is 5.75 Å². The molecule has 0 spiro atoms. The van der Waals surface area contributed by atoms with Crippen molar-refractivity contribution in [2.45, 2.75) is 25.3 Å². The van der Waals surface area contributed by atoms with Crippen LogP contribution >= 0.6 is 0 Å². The molecule has 1 aromatic carbocycles. The van der Waals surface area contributed by atoms with Crippen molar-refractivity contribution < 1.29 is 19.0 Å². The first-order chi connectivity index (χ1) is 10.2. The molecule has 1 N–H and O–H groups in total. The highest BCUT2D eigenvalue weighted by Crippen LogP contribution is 2.37. The van der Waals surface area contributed by atoms with Gasteiger partial charge in [-0.2, -0.15) is 0 Å². The normalized spacial score (nSPS) is 20.5. The zero-order valence-corrected chi connectivity index (χ0v) is 12.6. The summed E-state index contributed by atoms with van der Waals surface area (Å²) in [5.41, 5.74) is 2.01. The van der Waals surface area contributed by atoms with E-state index in [0.29, 0.717) is 13.0 Å². The molecule has 1 aliphatic heterocycles. The SMILES string of the molecule is CCOC(=O)[C@H]1C[C@@H](/C=C/OC)c2cc(OC)ccc2N1. The Balaban J connectivity index is 2.30. The van der Waals surface area contributed by atoms with Gasteiger partial charge in [-0.15, -0.1) is 0 Å². The van der Waals surface area contributed by atoms with E-state index in [1.165, 1.54) is 0 Å². The number of esters is 1.